The van der Waals surface area contributed by atoms with Crippen molar-refractivity contribution in [2.45, 2.75) is 26.2 Å². The molecule has 1 aromatic carbocycles. The molecule has 5 rings (SSSR count). The lowest BCUT2D eigenvalue weighted by Gasteiger charge is -2.07. The van der Waals surface area contributed by atoms with Crippen molar-refractivity contribution >= 4 is 33.5 Å². The number of aromatic nitrogens is 3. The molecule has 0 saturated carbocycles. The van der Waals surface area contributed by atoms with Gasteiger partial charge in [-0.3, -0.25) is 10.1 Å². The van der Waals surface area contributed by atoms with Gasteiger partial charge < -0.3 is 4.52 Å². The average molecular weight is 376 g/mol. The highest BCUT2D eigenvalue weighted by Gasteiger charge is 2.22. The molecular formula is C20H16N4O2S. The van der Waals surface area contributed by atoms with Crippen molar-refractivity contribution in [2.24, 2.45) is 0 Å². The Labute approximate surface area is 159 Å². The van der Waals surface area contributed by atoms with Crippen molar-refractivity contribution in [1.29, 1.82) is 0 Å². The molecule has 134 valence electrons. The first-order chi connectivity index (χ1) is 13.2. The number of nitrogens with zero attached hydrogens (tertiary/aromatic N) is 3. The van der Waals surface area contributed by atoms with E-state index in [-0.39, 0.29) is 5.91 Å². The van der Waals surface area contributed by atoms with Gasteiger partial charge in [0.15, 0.2) is 5.13 Å². The molecule has 1 aliphatic rings. The first-order valence-corrected chi connectivity index (χ1v) is 9.63. The molecule has 1 N–H and O–H groups in total. The minimum atomic E-state index is -0.224. The van der Waals surface area contributed by atoms with Crippen LogP contribution in [-0.2, 0) is 12.8 Å². The zero-order valence-corrected chi connectivity index (χ0v) is 15.5. The van der Waals surface area contributed by atoms with Crippen LogP contribution in [0.1, 0.15) is 33.0 Å². The van der Waals surface area contributed by atoms with Gasteiger partial charge in [0.2, 0.25) is 0 Å². The lowest BCUT2D eigenvalue weighted by molar-refractivity contribution is 0.102. The normalized spacial score (nSPS) is 13.1. The average Bonchev–Trinajstić information content (AvgIpc) is 3.37. The van der Waals surface area contributed by atoms with Gasteiger partial charge in [-0.2, -0.15) is 0 Å². The fraction of sp³-hybridized carbons (Fsp3) is 0.200. The molecule has 0 bridgehead atoms. The second-order valence-corrected chi connectivity index (χ2v) is 7.65. The Hall–Kier alpha value is -3.06. The molecule has 3 heterocycles. The number of benzene rings is 1. The number of hydrogen-bond donors (Lipinski definition) is 1. The van der Waals surface area contributed by atoms with Gasteiger partial charge in [0, 0.05) is 10.4 Å². The van der Waals surface area contributed by atoms with Crippen molar-refractivity contribution in [3.8, 4) is 11.3 Å². The molecule has 1 aliphatic carbocycles. The van der Waals surface area contributed by atoms with Gasteiger partial charge in [0.25, 0.3) is 11.6 Å². The molecule has 0 radical (unpaired) electrons. The van der Waals surface area contributed by atoms with Gasteiger partial charge in [-0.25, -0.2) is 9.97 Å². The monoisotopic (exact) mass is 376 g/mol. The van der Waals surface area contributed by atoms with E-state index in [1.807, 2.05) is 37.3 Å². The molecule has 6 nitrogen and oxygen atoms in total. The van der Waals surface area contributed by atoms with Gasteiger partial charge >= 0.3 is 0 Å². The summed E-state index contributed by atoms with van der Waals surface area (Å²) in [6.07, 6.45) is 3.18. The van der Waals surface area contributed by atoms with Crippen molar-refractivity contribution < 1.29 is 9.32 Å². The Morgan fingerprint density at radius 1 is 1.19 bits per heavy atom. The Morgan fingerprint density at radius 3 is 2.85 bits per heavy atom. The predicted octanol–water partition coefficient (Wildman–Crippen LogP) is 4.40. The molecule has 0 spiro atoms. The van der Waals surface area contributed by atoms with Gasteiger partial charge in [0.05, 0.1) is 28.0 Å². The predicted molar refractivity (Wildman–Crippen MR) is 104 cm³/mol. The summed E-state index contributed by atoms with van der Waals surface area (Å²) in [5, 5.41) is 8.22. The van der Waals surface area contributed by atoms with Crippen molar-refractivity contribution in [3.05, 3.63) is 58.2 Å². The molecule has 27 heavy (non-hydrogen) atoms. The summed E-state index contributed by atoms with van der Waals surface area (Å²) in [5.41, 5.74) is 4.19. The number of rotatable bonds is 3. The number of aryl methyl sites for hydroxylation is 3. The number of thiazole rings is 1. The van der Waals surface area contributed by atoms with Crippen LogP contribution in [0.4, 0.5) is 5.13 Å². The second-order valence-electron chi connectivity index (χ2n) is 6.57. The van der Waals surface area contributed by atoms with E-state index in [1.54, 1.807) is 17.4 Å². The van der Waals surface area contributed by atoms with Crippen LogP contribution in [0.15, 0.2) is 40.9 Å². The lowest BCUT2D eigenvalue weighted by Crippen LogP contribution is -2.13. The van der Waals surface area contributed by atoms with Gasteiger partial charge in [-0.05, 0) is 32.3 Å². The number of nitrogens with one attached hydrogen (secondary N) is 1. The quantitative estimate of drug-likeness (QED) is 0.573. The van der Waals surface area contributed by atoms with Crippen molar-refractivity contribution in [3.63, 3.8) is 0 Å². The maximum Gasteiger partial charge on any atom is 0.259 e. The fourth-order valence-electron chi connectivity index (χ4n) is 3.44. The third-order valence-corrected chi connectivity index (χ3v) is 5.82. The van der Waals surface area contributed by atoms with E-state index in [0.29, 0.717) is 33.2 Å². The molecular weight excluding hydrogens is 360 g/mol. The van der Waals surface area contributed by atoms with Crippen LogP contribution < -0.4 is 5.32 Å². The van der Waals surface area contributed by atoms with E-state index >= 15 is 0 Å². The summed E-state index contributed by atoms with van der Waals surface area (Å²) in [6, 6.07) is 11.5. The molecule has 1 amide bonds. The number of carbonyl (C=O) groups is 1. The minimum absolute atomic E-state index is 0.224. The van der Waals surface area contributed by atoms with E-state index in [9.17, 15) is 4.79 Å². The number of hydrogen-bond acceptors (Lipinski definition) is 6. The van der Waals surface area contributed by atoms with Gasteiger partial charge in [-0.1, -0.05) is 35.5 Å². The number of carbonyl (C=O) groups excluding carboxylic acids is 1. The Bertz CT molecular complexity index is 1140. The zero-order valence-electron chi connectivity index (χ0n) is 14.7. The maximum absolute atomic E-state index is 13.0. The van der Waals surface area contributed by atoms with Crippen LogP contribution in [0, 0.1) is 6.92 Å². The summed E-state index contributed by atoms with van der Waals surface area (Å²) >= 11 is 1.56. The second kappa shape index (κ2) is 6.28. The highest BCUT2D eigenvalue weighted by Crippen LogP contribution is 2.32. The molecule has 0 saturated heterocycles. The van der Waals surface area contributed by atoms with Crippen LogP contribution in [-0.4, -0.2) is 21.0 Å². The summed E-state index contributed by atoms with van der Waals surface area (Å²) in [7, 11) is 0. The fourth-order valence-corrected chi connectivity index (χ4v) is 4.48. The smallest absolute Gasteiger partial charge is 0.259 e. The van der Waals surface area contributed by atoms with Crippen LogP contribution >= 0.6 is 11.3 Å². The minimum Gasteiger partial charge on any atom is -0.335 e. The first kappa shape index (κ1) is 16.1. The summed E-state index contributed by atoms with van der Waals surface area (Å²) in [4.78, 5) is 23.4. The van der Waals surface area contributed by atoms with Crippen molar-refractivity contribution in [1.82, 2.24) is 15.1 Å². The van der Waals surface area contributed by atoms with Crippen LogP contribution in [0.3, 0.4) is 0 Å². The largest absolute Gasteiger partial charge is 0.335 e. The first-order valence-electron chi connectivity index (χ1n) is 8.81. The summed E-state index contributed by atoms with van der Waals surface area (Å²) < 4.78 is 5.35. The molecule has 0 atom stereocenters. The van der Waals surface area contributed by atoms with E-state index in [4.69, 9.17) is 4.52 Å². The van der Waals surface area contributed by atoms with E-state index in [1.165, 1.54) is 4.88 Å². The standard InChI is InChI=1S/C20H16N4O2S/c1-11-17-13(18(25)23-20-22-14-8-5-9-16(14)27-20)10-15(21-19(17)26-24-11)12-6-3-2-4-7-12/h2-4,6-7,10H,5,8-9H2,1H3,(H,22,23,25). The van der Waals surface area contributed by atoms with E-state index < -0.39 is 0 Å². The number of fused-ring (bicyclic) bond motifs is 2. The summed E-state index contributed by atoms with van der Waals surface area (Å²) in [5.74, 6) is -0.224. The number of pyridine rings is 1. The Morgan fingerprint density at radius 2 is 2.04 bits per heavy atom. The molecule has 0 aliphatic heterocycles. The summed E-state index contributed by atoms with van der Waals surface area (Å²) in [6.45, 7) is 1.81. The third kappa shape index (κ3) is 2.80. The molecule has 0 fully saturated rings. The Balaban J connectivity index is 1.57. The molecule has 3 aromatic heterocycles. The highest BCUT2D eigenvalue weighted by atomic mass is 32.1. The topological polar surface area (TPSA) is 80.9 Å². The van der Waals surface area contributed by atoms with E-state index in [0.717, 1.165) is 30.5 Å². The third-order valence-electron chi connectivity index (χ3n) is 4.75. The molecule has 7 heteroatoms. The van der Waals surface area contributed by atoms with Crippen LogP contribution in [0.25, 0.3) is 22.4 Å². The van der Waals surface area contributed by atoms with E-state index in [2.05, 4.69) is 20.4 Å². The van der Waals surface area contributed by atoms with Crippen LogP contribution in [0.2, 0.25) is 0 Å². The maximum atomic E-state index is 13.0. The molecule has 0 unspecified atom stereocenters. The zero-order chi connectivity index (χ0) is 18.4. The SMILES string of the molecule is Cc1noc2nc(-c3ccccc3)cc(C(=O)Nc3nc4c(s3)CCC4)c12. The number of amides is 1. The molecule has 4 aromatic rings. The Kier molecular flexibility index (Phi) is 3.75. The van der Waals surface area contributed by atoms with Gasteiger partial charge in [0.1, 0.15) is 0 Å². The van der Waals surface area contributed by atoms with Crippen LogP contribution in [0.5, 0.6) is 0 Å². The highest BCUT2D eigenvalue weighted by molar-refractivity contribution is 7.16. The van der Waals surface area contributed by atoms with Gasteiger partial charge in [-0.15, -0.1) is 11.3 Å². The number of anilines is 1. The lowest BCUT2D eigenvalue weighted by atomic mass is 10.1. The van der Waals surface area contributed by atoms with Crippen molar-refractivity contribution in [2.75, 3.05) is 5.32 Å².